The van der Waals surface area contributed by atoms with Gasteiger partial charge in [-0.1, -0.05) is 12.1 Å². The summed E-state index contributed by atoms with van der Waals surface area (Å²) in [6.07, 6.45) is -3.24. The van der Waals surface area contributed by atoms with Crippen LogP contribution in [0.3, 0.4) is 0 Å². The lowest BCUT2D eigenvalue weighted by atomic mass is 9.81. The minimum absolute atomic E-state index is 0.187. The van der Waals surface area contributed by atoms with Crippen molar-refractivity contribution >= 4 is 11.8 Å². The number of nitrogens with zero attached hydrogens (tertiary/aromatic N) is 1. The van der Waals surface area contributed by atoms with Crippen molar-refractivity contribution in [2.45, 2.75) is 38.8 Å². The Hall–Kier alpha value is -3.82. The highest BCUT2D eigenvalue weighted by Crippen LogP contribution is 2.39. The zero-order chi connectivity index (χ0) is 25.8. The molecule has 0 saturated heterocycles. The first-order valence-electron chi connectivity index (χ1n) is 10.5. The number of hydrogen-bond donors (Lipinski definition) is 2. The zero-order valence-electron chi connectivity index (χ0n) is 19.2. The van der Waals surface area contributed by atoms with Crippen LogP contribution >= 0.6 is 0 Å². The smallest absolute Gasteiger partial charge is 0.496 e. The number of hydrogen-bond acceptors (Lipinski definition) is 5. The van der Waals surface area contributed by atoms with Crippen LogP contribution in [0.2, 0.25) is 0 Å². The standard InChI is InChI=1S/C25H24F4N2O4/c1-24(2,23(32)33)20-11-17(10-18(12-26)22(20)34-3)16-7-8-21(31-14-16)30-13-15-5-4-6-19(9-15)35-25(27,28)29/h4-11,14H,12-13H2,1-3H3,(H,30,31)(H,32,33). The molecule has 0 saturated carbocycles. The van der Waals surface area contributed by atoms with E-state index in [1.807, 2.05) is 0 Å². The minimum atomic E-state index is -4.77. The molecule has 2 N–H and O–H groups in total. The van der Waals surface area contributed by atoms with Crippen LogP contribution < -0.4 is 14.8 Å². The maximum atomic E-state index is 13.8. The Morgan fingerprint density at radius 2 is 1.83 bits per heavy atom. The van der Waals surface area contributed by atoms with Crippen molar-refractivity contribution in [3.63, 3.8) is 0 Å². The number of carbonyl (C=O) groups is 1. The van der Waals surface area contributed by atoms with E-state index in [4.69, 9.17) is 4.74 Å². The number of anilines is 1. The molecule has 0 atom stereocenters. The summed E-state index contributed by atoms with van der Waals surface area (Å²) in [5.74, 6) is -0.753. The third-order valence-electron chi connectivity index (χ3n) is 5.42. The molecule has 0 aliphatic heterocycles. The Morgan fingerprint density at radius 3 is 2.40 bits per heavy atom. The first-order chi connectivity index (χ1) is 16.4. The van der Waals surface area contributed by atoms with Gasteiger partial charge in [0.1, 0.15) is 24.0 Å². The molecule has 0 spiro atoms. The lowest BCUT2D eigenvalue weighted by Gasteiger charge is -2.25. The second-order valence-corrected chi connectivity index (χ2v) is 8.26. The number of carboxylic acid groups (broad SMARTS) is 1. The average Bonchev–Trinajstić information content (AvgIpc) is 2.81. The second kappa shape index (κ2) is 10.2. The SMILES string of the molecule is COc1c(CF)cc(-c2ccc(NCc3cccc(OC(F)(F)F)c3)nc2)cc1C(C)(C)C(=O)O. The average molecular weight is 492 g/mol. The molecule has 3 aromatic rings. The van der Waals surface area contributed by atoms with Crippen molar-refractivity contribution in [1.82, 2.24) is 4.98 Å². The third kappa shape index (κ3) is 6.20. The van der Waals surface area contributed by atoms with Gasteiger partial charge in [0.15, 0.2) is 0 Å². The van der Waals surface area contributed by atoms with Crippen molar-refractivity contribution in [2.75, 3.05) is 12.4 Å². The lowest BCUT2D eigenvalue weighted by Crippen LogP contribution is -2.29. The summed E-state index contributed by atoms with van der Waals surface area (Å²) in [7, 11) is 1.36. The summed E-state index contributed by atoms with van der Waals surface area (Å²) in [4.78, 5) is 16.1. The van der Waals surface area contributed by atoms with E-state index < -0.39 is 24.4 Å². The number of rotatable bonds is 9. The van der Waals surface area contributed by atoms with Gasteiger partial charge in [0.25, 0.3) is 0 Å². The molecule has 1 aromatic heterocycles. The molecule has 35 heavy (non-hydrogen) atoms. The number of benzene rings is 2. The van der Waals surface area contributed by atoms with E-state index >= 15 is 0 Å². The highest BCUT2D eigenvalue weighted by molar-refractivity contribution is 5.83. The summed E-state index contributed by atoms with van der Waals surface area (Å²) >= 11 is 0. The van der Waals surface area contributed by atoms with Gasteiger partial charge < -0.3 is 19.9 Å². The van der Waals surface area contributed by atoms with E-state index in [0.717, 1.165) is 0 Å². The van der Waals surface area contributed by atoms with Gasteiger partial charge >= 0.3 is 12.3 Å². The molecule has 0 bridgehead atoms. The fourth-order valence-electron chi connectivity index (χ4n) is 3.49. The largest absolute Gasteiger partial charge is 0.573 e. The number of methoxy groups -OCH3 is 1. The van der Waals surface area contributed by atoms with E-state index in [2.05, 4.69) is 15.0 Å². The van der Waals surface area contributed by atoms with Crippen molar-refractivity contribution in [3.8, 4) is 22.6 Å². The van der Waals surface area contributed by atoms with Gasteiger partial charge in [0, 0.05) is 29.4 Å². The van der Waals surface area contributed by atoms with E-state index in [0.29, 0.717) is 28.1 Å². The van der Waals surface area contributed by atoms with Crippen LogP contribution in [-0.2, 0) is 23.4 Å². The number of aliphatic carboxylic acids is 1. The molecule has 0 radical (unpaired) electrons. The molecule has 0 fully saturated rings. The van der Waals surface area contributed by atoms with E-state index in [-0.39, 0.29) is 23.6 Å². The van der Waals surface area contributed by atoms with E-state index in [1.165, 1.54) is 45.4 Å². The van der Waals surface area contributed by atoms with Gasteiger partial charge in [-0.15, -0.1) is 13.2 Å². The van der Waals surface area contributed by atoms with Crippen LogP contribution in [0, 0.1) is 0 Å². The molecule has 6 nitrogen and oxygen atoms in total. The molecule has 1 heterocycles. The number of ether oxygens (including phenoxy) is 2. The Morgan fingerprint density at radius 1 is 1.09 bits per heavy atom. The molecule has 2 aromatic carbocycles. The maximum absolute atomic E-state index is 13.8. The first-order valence-corrected chi connectivity index (χ1v) is 10.5. The van der Waals surface area contributed by atoms with Gasteiger partial charge in [0.05, 0.1) is 12.5 Å². The predicted octanol–water partition coefficient (Wildman–Crippen LogP) is 6.10. The van der Waals surface area contributed by atoms with E-state index in [1.54, 1.807) is 30.3 Å². The van der Waals surface area contributed by atoms with Crippen LogP contribution in [0.5, 0.6) is 11.5 Å². The number of nitrogens with one attached hydrogen (secondary N) is 1. The molecule has 0 unspecified atom stereocenters. The van der Waals surface area contributed by atoms with Crippen LogP contribution in [-0.4, -0.2) is 29.5 Å². The molecular formula is C25H24F4N2O4. The topological polar surface area (TPSA) is 80.7 Å². The fraction of sp³-hybridized carbons (Fsp3) is 0.280. The minimum Gasteiger partial charge on any atom is -0.496 e. The number of halogens is 4. The quantitative estimate of drug-likeness (QED) is 0.352. The third-order valence-corrected chi connectivity index (χ3v) is 5.42. The highest BCUT2D eigenvalue weighted by Gasteiger charge is 2.34. The van der Waals surface area contributed by atoms with Crippen molar-refractivity contribution < 1.29 is 36.9 Å². The Bertz CT molecular complexity index is 1200. The van der Waals surface area contributed by atoms with Gasteiger partial charge in [-0.05, 0) is 61.4 Å². The Labute approximate surface area is 199 Å². The predicted molar refractivity (Wildman–Crippen MR) is 122 cm³/mol. The van der Waals surface area contributed by atoms with Gasteiger partial charge in [0.2, 0.25) is 0 Å². The molecule has 0 amide bonds. The fourth-order valence-corrected chi connectivity index (χ4v) is 3.49. The highest BCUT2D eigenvalue weighted by atomic mass is 19.4. The Balaban J connectivity index is 1.83. The molecule has 0 aliphatic rings. The van der Waals surface area contributed by atoms with Gasteiger partial charge in [-0.2, -0.15) is 0 Å². The van der Waals surface area contributed by atoms with Crippen LogP contribution in [0.1, 0.15) is 30.5 Å². The summed E-state index contributed by atoms with van der Waals surface area (Å²) in [6, 6.07) is 12.2. The molecule has 0 aliphatic carbocycles. The second-order valence-electron chi connectivity index (χ2n) is 8.26. The van der Waals surface area contributed by atoms with Crippen molar-refractivity contribution in [2.24, 2.45) is 0 Å². The monoisotopic (exact) mass is 492 g/mol. The van der Waals surface area contributed by atoms with Crippen molar-refractivity contribution in [3.05, 3.63) is 71.4 Å². The van der Waals surface area contributed by atoms with Crippen LogP contribution in [0.15, 0.2) is 54.7 Å². The Kier molecular flexibility index (Phi) is 7.52. The normalized spacial score (nSPS) is 11.7. The number of pyridine rings is 1. The zero-order valence-corrected chi connectivity index (χ0v) is 19.2. The summed E-state index contributed by atoms with van der Waals surface area (Å²) in [5.41, 5.74) is 0.971. The van der Waals surface area contributed by atoms with Gasteiger partial charge in [-0.3, -0.25) is 4.79 Å². The summed E-state index contributed by atoms with van der Waals surface area (Å²) in [6.45, 7) is 2.38. The molecule has 186 valence electrons. The van der Waals surface area contributed by atoms with Crippen LogP contribution in [0.25, 0.3) is 11.1 Å². The van der Waals surface area contributed by atoms with E-state index in [9.17, 15) is 27.5 Å². The lowest BCUT2D eigenvalue weighted by molar-refractivity contribution is -0.274. The number of alkyl halides is 4. The van der Waals surface area contributed by atoms with Crippen molar-refractivity contribution in [1.29, 1.82) is 0 Å². The summed E-state index contributed by atoms with van der Waals surface area (Å²) in [5, 5.41) is 12.7. The van der Waals surface area contributed by atoms with Crippen LogP contribution in [0.4, 0.5) is 23.4 Å². The molecular weight excluding hydrogens is 468 g/mol. The molecule has 10 heteroatoms. The first kappa shape index (κ1) is 25.8. The maximum Gasteiger partial charge on any atom is 0.573 e. The number of aromatic nitrogens is 1. The molecule has 3 rings (SSSR count). The van der Waals surface area contributed by atoms with Gasteiger partial charge in [-0.25, -0.2) is 9.37 Å². The summed E-state index contributed by atoms with van der Waals surface area (Å²) < 4.78 is 60.3. The number of carboxylic acids is 1.